The lowest BCUT2D eigenvalue weighted by atomic mass is 9.72. The van der Waals surface area contributed by atoms with E-state index in [-0.39, 0.29) is 28.7 Å². The Balaban J connectivity index is 2.67. The number of carbonyl (C=O) groups excluding carboxylic acids is 1. The van der Waals surface area contributed by atoms with Crippen molar-refractivity contribution in [3.63, 3.8) is 0 Å². The number of carbonyl (C=O) groups is 1. The maximum Gasteiger partial charge on any atom is 0.228 e. The van der Waals surface area contributed by atoms with E-state index in [0.717, 1.165) is 0 Å². The Kier molecular flexibility index (Phi) is 3.68. The summed E-state index contributed by atoms with van der Waals surface area (Å²) in [6, 6.07) is 0.174. The Bertz CT molecular complexity index is 242. The summed E-state index contributed by atoms with van der Waals surface area (Å²) in [6.07, 6.45) is 0. The van der Waals surface area contributed by atoms with E-state index in [0.29, 0.717) is 13.2 Å². The molecule has 0 aromatic carbocycles. The van der Waals surface area contributed by atoms with E-state index in [4.69, 9.17) is 4.74 Å². The molecule has 1 saturated heterocycles. The third kappa shape index (κ3) is 3.21. The van der Waals surface area contributed by atoms with Crippen LogP contribution in [-0.2, 0) is 9.53 Å². The largest absolute Gasteiger partial charge is 0.380 e. The third-order valence-electron chi connectivity index (χ3n) is 3.03. The predicted molar refractivity (Wildman–Crippen MR) is 65.1 cm³/mol. The number of nitrogens with one attached hydrogen (secondary N) is 1. The number of amides is 1. The molecule has 94 valence electrons. The Hall–Kier alpha value is -0.570. The lowest BCUT2D eigenvalue weighted by Gasteiger charge is -2.42. The average Bonchev–Trinajstić information content (AvgIpc) is 1.91. The SMILES string of the molecule is CC(C)(C)C(NC(=O)C1COC1)C(C)(C)C. The Labute approximate surface area is 98.9 Å². The van der Waals surface area contributed by atoms with Crippen molar-refractivity contribution in [3.05, 3.63) is 0 Å². The van der Waals surface area contributed by atoms with Crippen molar-refractivity contribution in [3.8, 4) is 0 Å². The van der Waals surface area contributed by atoms with Crippen LogP contribution in [-0.4, -0.2) is 25.2 Å². The lowest BCUT2D eigenvalue weighted by Crippen LogP contribution is -2.55. The van der Waals surface area contributed by atoms with Gasteiger partial charge in [-0.15, -0.1) is 0 Å². The van der Waals surface area contributed by atoms with E-state index in [1.165, 1.54) is 0 Å². The summed E-state index contributed by atoms with van der Waals surface area (Å²) < 4.78 is 5.05. The molecular formula is C13H25NO2. The Morgan fingerprint density at radius 3 is 1.81 bits per heavy atom. The number of hydrogen-bond donors (Lipinski definition) is 1. The highest BCUT2D eigenvalue weighted by atomic mass is 16.5. The summed E-state index contributed by atoms with van der Waals surface area (Å²) >= 11 is 0. The van der Waals surface area contributed by atoms with Gasteiger partial charge in [0.1, 0.15) is 0 Å². The van der Waals surface area contributed by atoms with Gasteiger partial charge in [-0.3, -0.25) is 4.79 Å². The van der Waals surface area contributed by atoms with E-state index >= 15 is 0 Å². The molecule has 3 heteroatoms. The standard InChI is InChI=1S/C13H25NO2/c1-12(2,3)11(13(4,5)6)14-10(15)9-7-16-8-9/h9,11H,7-8H2,1-6H3,(H,14,15). The quantitative estimate of drug-likeness (QED) is 0.785. The predicted octanol–water partition coefficient (Wildman–Crippen LogP) is 2.21. The van der Waals surface area contributed by atoms with Crippen molar-refractivity contribution in [2.45, 2.75) is 47.6 Å². The number of ether oxygens (including phenoxy) is 1. The first-order valence-corrected chi connectivity index (χ1v) is 6.00. The van der Waals surface area contributed by atoms with Crippen molar-refractivity contribution in [1.29, 1.82) is 0 Å². The highest BCUT2D eigenvalue weighted by Crippen LogP contribution is 2.33. The summed E-state index contributed by atoms with van der Waals surface area (Å²) in [4.78, 5) is 11.9. The zero-order valence-electron chi connectivity index (χ0n) is 11.4. The average molecular weight is 227 g/mol. The molecule has 1 aliphatic rings. The van der Waals surface area contributed by atoms with Crippen LogP contribution in [0.15, 0.2) is 0 Å². The summed E-state index contributed by atoms with van der Waals surface area (Å²) in [7, 11) is 0. The second-order valence-electron chi connectivity index (χ2n) is 6.91. The van der Waals surface area contributed by atoms with Gasteiger partial charge < -0.3 is 10.1 Å². The minimum Gasteiger partial charge on any atom is -0.380 e. The first-order valence-electron chi connectivity index (χ1n) is 6.00. The third-order valence-corrected chi connectivity index (χ3v) is 3.03. The van der Waals surface area contributed by atoms with Gasteiger partial charge >= 0.3 is 0 Å². The molecule has 0 aromatic rings. The van der Waals surface area contributed by atoms with E-state index in [1.807, 2.05) is 0 Å². The molecule has 16 heavy (non-hydrogen) atoms. The van der Waals surface area contributed by atoms with Gasteiger partial charge in [-0.2, -0.15) is 0 Å². The van der Waals surface area contributed by atoms with E-state index in [2.05, 4.69) is 46.9 Å². The first-order chi connectivity index (χ1) is 7.12. The molecule has 0 spiro atoms. The highest BCUT2D eigenvalue weighted by Gasteiger charge is 2.38. The van der Waals surface area contributed by atoms with Crippen molar-refractivity contribution >= 4 is 5.91 Å². The van der Waals surface area contributed by atoms with Crippen molar-refractivity contribution < 1.29 is 9.53 Å². The smallest absolute Gasteiger partial charge is 0.228 e. The van der Waals surface area contributed by atoms with E-state index < -0.39 is 0 Å². The summed E-state index contributed by atoms with van der Waals surface area (Å²) in [5.41, 5.74) is 0.136. The molecule has 0 bridgehead atoms. The molecule has 0 unspecified atom stereocenters. The zero-order chi connectivity index (χ0) is 12.6. The van der Waals surface area contributed by atoms with Crippen LogP contribution in [0.1, 0.15) is 41.5 Å². The minimum absolute atomic E-state index is 0.0622. The lowest BCUT2D eigenvalue weighted by molar-refractivity contribution is -0.141. The van der Waals surface area contributed by atoms with Crippen LogP contribution in [0.3, 0.4) is 0 Å². The summed E-state index contributed by atoms with van der Waals surface area (Å²) in [5, 5.41) is 3.18. The Morgan fingerprint density at radius 1 is 1.12 bits per heavy atom. The van der Waals surface area contributed by atoms with Gasteiger partial charge in [-0.25, -0.2) is 0 Å². The van der Waals surface area contributed by atoms with Crippen LogP contribution in [0.25, 0.3) is 0 Å². The van der Waals surface area contributed by atoms with Gasteiger partial charge in [-0.1, -0.05) is 41.5 Å². The second-order valence-corrected chi connectivity index (χ2v) is 6.91. The molecular weight excluding hydrogens is 202 g/mol. The second kappa shape index (κ2) is 4.36. The van der Waals surface area contributed by atoms with Crippen LogP contribution in [0.2, 0.25) is 0 Å². The summed E-state index contributed by atoms with van der Waals surface area (Å²) in [6.45, 7) is 14.2. The van der Waals surface area contributed by atoms with Gasteiger partial charge in [0.05, 0.1) is 19.1 Å². The molecule has 0 saturated carbocycles. The van der Waals surface area contributed by atoms with Crippen LogP contribution < -0.4 is 5.32 Å². The molecule has 1 rings (SSSR count). The van der Waals surface area contributed by atoms with Crippen LogP contribution in [0, 0.1) is 16.7 Å². The molecule has 0 atom stereocenters. The van der Waals surface area contributed by atoms with E-state index in [1.54, 1.807) is 0 Å². The van der Waals surface area contributed by atoms with Crippen molar-refractivity contribution in [2.75, 3.05) is 13.2 Å². The van der Waals surface area contributed by atoms with Gasteiger partial charge in [0.2, 0.25) is 5.91 Å². The number of hydrogen-bond acceptors (Lipinski definition) is 2. The fourth-order valence-corrected chi connectivity index (χ4v) is 2.38. The number of rotatable bonds is 2. The molecule has 1 fully saturated rings. The monoisotopic (exact) mass is 227 g/mol. The fraction of sp³-hybridized carbons (Fsp3) is 0.923. The summed E-state index contributed by atoms with van der Waals surface area (Å²) in [5.74, 6) is 0.202. The van der Waals surface area contributed by atoms with Gasteiger partial charge in [-0.05, 0) is 10.8 Å². The van der Waals surface area contributed by atoms with Gasteiger partial charge in [0.25, 0.3) is 0 Å². The maximum atomic E-state index is 11.9. The molecule has 0 radical (unpaired) electrons. The first kappa shape index (κ1) is 13.5. The van der Waals surface area contributed by atoms with Crippen molar-refractivity contribution in [2.24, 2.45) is 16.7 Å². The van der Waals surface area contributed by atoms with Crippen LogP contribution in [0.5, 0.6) is 0 Å². The molecule has 1 N–H and O–H groups in total. The van der Waals surface area contributed by atoms with Crippen LogP contribution in [0.4, 0.5) is 0 Å². The molecule has 1 amide bonds. The highest BCUT2D eigenvalue weighted by molar-refractivity contribution is 5.80. The topological polar surface area (TPSA) is 38.3 Å². The fourth-order valence-electron chi connectivity index (χ4n) is 2.38. The minimum atomic E-state index is 0.0622. The maximum absolute atomic E-state index is 11.9. The Morgan fingerprint density at radius 2 is 1.56 bits per heavy atom. The van der Waals surface area contributed by atoms with Crippen LogP contribution >= 0.6 is 0 Å². The molecule has 0 aromatic heterocycles. The zero-order valence-corrected chi connectivity index (χ0v) is 11.4. The van der Waals surface area contributed by atoms with Crippen molar-refractivity contribution in [1.82, 2.24) is 5.32 Å². The normalized spacial score (nSPS) is 18.4. The molecule has 1 heterocycles. The molecule has 3 nitrogen and oxygen atoms in total. The molecule has 0 aliphatic carbocycles. The van der Waals surface area contributed by atoms with Gasteiger partial charge in [0.15, 0.2) is 0 Å². The molecule has 1 aliphatic heterocycles. The van der Waals surface area contributed by atoms with E-state index in [9.17, 15) is 4.79 Å². The van der Waals surface area contributed by atoms with Gasteiger partial charge in [0, 0.05) is 6.04 Å².